The molecular formula is C19H15ClF3N3. The molecule has 0 spiro atoms. The van der Waals surface area contributed by atoms with Crippen LogP contribution in [0.3, 0.4) is 0 Å². The lowest BCUT2D eigenvalue weighted by molar-refractivity contribution is -0.137. The maximum absolute atomic E-state index is 12.9. The van der Waals surface area contributed by atoms with E-state index in [9.17, 15) is 13.2 Å². The van der Waals surface area contributed by atoms with Crippen molar-refractivity contribution in [2.45, 2.75) is 20.0 Å². The molecule has 3 rings (SSSR count). The van der Waals surface area contributed by atoms with Gasteiger partial charge in [-0.2, -0.15) is 13.2 Å². The Hall–Kier alpha value is -2.60. The molecular weight excluding hydrogens is 363 g/mol. The van der Waals surface area contributed by atoms with Gasteiger partial charge >= 0.3 is 6.18 Å². The minimum atomic E-state index is -4.44. The number of halogens is 4. The molecule has 1 aromatic heterocycles. The fraction of sp³-hybridized carbons (Fsp3) is 0.158. The molecule has 3 nitrogen and oxygen atoms in total. The normalized spacial score (nSPS) is 11.5. The zero-order valence-electron chi connectivity index (χ0n) is 14.0. The van der Waals surface area contributed by atoms with Gasteiger partial charge in [0.15, 0.2) is 5.82 Å². The molecule has 0 bridgehead atoms. The molecule has 0 fully saturated rings. The number of aryl methyl sites for hydroxylation is 2. The van der Waals surface area contributed by atoms with E-state index in [0.717, 1.165) is 28.9 Å². The van der Waals surface area contributed by atoms with Crippen molar-refractivity contribution >= 4 is 23.1 Å². The summed E-state index contributed by atoms with van der Waals surface area (Å²) in [6, 6.07) is 12.2. The van der Waals surface area contributed by atoms with Crippen LogP contribution in [0.4, 0.5) is 24.7 Å². The van der Waals surface area contributed by atoms with Gasteiger partial charge in [-0.3, -0.25) is 0 Å². The third kappa shape index (κ3) is 4.14. The molecule has 134 valence electrons. The molecule has 2 aromatic carbocycles. The molecule has 0 radical (unpaired) electrons. The van der Waals surface area contributed by atoms with Crippen LogP contribution in [0.2, 0.25) is 5.15 Å². The first-order valence-corrected chi connectivity index (χ1v) is 8.17. The number of nitrogens with one attached hydrogen (secondary N) is 1. The van der Waals surface area contributed by atoms with Crippen LogP contribution in [-0.2, 0) is 6.18 Å². The first-order valence-electron chi connectivity index (χ1n) is 7.79. The summed E-state index contributed by atoms with van der Waals surface area (Å²) in [7, 11) is 0. The molecule has 1 heterocycles. The fourth-order valence-electron chi connectivity index (χ4n) is 2.54. The SMILES string of the molecule is Cc1ccc(Nc2cc(Cl)nc(-c3cccc(C(F)(F)F)c3)n2)c(C)c1. The zero-order valence-corrected chi connectivity index (χ0v) is 14.8. The number of alkyl halides is 3. The van der Waals surface area contributed by atoms with E-state index in [4.69, 9.17) is 11.6 Å². The molecule has 0 saturated carbocycles. The van der Waals surface area contributed by atoms with Gasteiger partial charge in [-0.25, -0.2) is 9.97 Å². The highest BCUT2D eigenvalue weighted by Crippen LogP contribution is 2.32. The average molecular weight is 378 g/mol. The number of aromatic nitrogens is 2. The predicted octanol–water partition coefficient (Wildman–Crippen LogP) is 6.18. The van der Waals surface area contributed by atoms with Crippen LogP contribution in [-0.4, -0.2) is 9.97 Å². The minimum absolute atomic E-state index is 0.121. The van der Waals surface area contributed by atoms with Crippen LogP contribution in [0.15, 0.2) is 48.5 Å². The van der Waals surface area contributed by atoms with Crippen molar-refractivity contribution in [3.8, 4) is 11.4 Å². The predicted molar refractivity (Wildman–Crippen MR) is 96.7 cm³/mol. The van der Waals surface area contributed by atoms with Crippen LogP contribution in [0.1, 0.15) is 16.7 Å². The van der Waals surface area contributed by atoms with Gasteiger partial charge in [0, 0.05) is 17.3 Å². The van der Waals surface area contributed by atoms with Crippen LogP contribution >= 0.6 is 11.6 Å². The van der Waals surface area contributed by atoms with E-state index in [-0.39, 0.29) is 16.5 Å². The van der Waals surface area contributed by atoms with Crippen LogP contribution in [0, 0.1) is 13.8 Å². The Kier molecular flexibility index (Phi) is 4.87. The molecule has 26 heavy (non-hydrogen) atoms. The molecule has 1 N–H and O–H groups in total. The van der Waals surface area contributed by atoms with E-state index in [0.29, 0.717) is 5.82 Å². The van der Waals surface area contributed by atoms with Crippen LogP contribution in [0.5, 0.6) is 0 Å². The third-order valence-corrected chi connectivity index (χ3v) is 3.98. The number of anilines is 2. The smallest absolute Gasteiger partial charge is 0.340 e. The molecule has 0 saturated heterocycles. The summed E-state index contributed by atoms with van der Waals surface area (Å²) >= 11 is 6.05. The molecule has 0 aliphatic heterocycles. The van der Waals surface area contributed by atoms with E-state index in [2.05, 4.69) is 15.3 Å². The Balaban J connectivity index is 1.98. The molecule has 7 heteroatoms. The number of rotatable bonds is 3. The second-order valence-corrected chi connectivity index (χ2v) is 6.31. The Bertz CT molecular complexity index is 955. The first kappa shape index (κ1) is 18.2. The van der Waals surface area contributed by atoms with E-state index in [1.165, 1.54) is 18.2 Å². The van der Waals surface area contributed by atoms with Gasteiger partial charge < -0.3 is 5.32 Å². The Labute approximate surface area is 153 Å². The van der Waals surface area contributed by atoms with Gasteiger partial charge in [0.25, 0.3) is 0 Å². The van der Waals surface area contributed by atoms with Crippen molar-refractivity contribution in [2.24, 2.45) is 0 Å². The second-order valence-electron chi connectivity index (χ2n) is 5.92. The number of benzene rings is 2. The second kappa shape index (κ2) is 6.96. The van der Waals surface area contributed by atoms with E-state index >= 15 is 0 Å². The largest absolute Gasteiger partial charge is 0.416 e. The summed E-state index contributed by atoms with van der Waals surface area (Å²) in [5, 5.41) is 3.28. The Morgan fingerprint density at radius 1 is 0.962 bits per heavy atom. The molecule has 0 aliphatic rings. The van der Waals surface area contributed by atoms with Crippen LogP contribution < -0.4 is 5.32 Å². The van der Waals surface area contributed by atoms with Gasteiger partial charge in [-0.15, -0.1) is 0 Å². The molecule has 3 aromatic rings. The number of nitrogens with zero attached hydrogens (tertiary/aromatic N) is 2. The highest BCUT2D eigenvalue weighted by atomic mass is 35.5. The molecule has 0 unspecified atom stereocenters. The molecule has 0 aliphatic carbocycles. The van der Waals surface area contributed by atoms with E-state index in [1.807, 2.05) is 32.0 Å². The van der Waals surface area contributed by atoms with Gasteiger partial charge in [0.1, 0.15) is 11.0 Å². The van der Waals surface area contributed by atoms with Gasteiger partial charge in [-0.1, -0.05) is 41.4 Å². The molecule has 0 amide bonds. The van der Waals surface area contributed by atoms with Crippen molar-refractivity contribution in [2.75, 3.05) is 5.32 Å². The highest BCUT2D eigenvalue weighted by Gasteiger charge is 2.30. The van der Waals surface area contributed by atoms with Crippen molar-refractivity contribution in [3.05, 3.63) is 70.4 Å². The van der Waals surface area contributed by atoms with Crippen molar-refractivity contribution in [1.29, 1.82) is 0 Å². The van der Waals surface area contributed by atoms with Gasteiger partial charge in [-0.05, 0) is 37.6 Å². The Morgan fingerprint density at radius 2 is 1.73 bits per heavy atom. The van der Waals surface area contributed by atoms with Crippen molar-refractivity contribution < 1.29 is 13.2 Å². The monoisotopic (exact) mass is 377 g/mol. The first-order chi connectivity index (χ1) is 12.2. The topological polar surface area (TPSA) is 37.8 Å². The minimum Gasteiger partial charge on any atom is -0.340 e. The average Bonchev–Trinajstić information content (AvgIpc) is 2.56. The van der Waals surface area contributed by atoms with Crippen molar-refractivity contribution in [1.82, 2.24) is 9.97 Å². The zero-order chi connectivity index (χ0) is 18.9. The summed E-state index contributed by atoms with van der Waals surface area (Å²) in [6.45, 7) is 3.94. The lowest BCUT2D eigenvalue weighted by Crippen LogP contribution is -2.05. The number of hydrogen-bond donors (Lipinski definition) is 1. The van der Waals surface area contributed by atoms with Crippen molar-refractivity contribution in [3.63, 3.8) is 0 Å². The third-order valence-electron chi connectivity index (χ3n) is 3.79. The lowest BCUT2D eigenvalue weighted by Gasteiger charge is -2.12. The summed E-state index contributed by atoms with van der Waals surface area (Å²) < 4.78 is 38.8. The quantitative estimate of drug-likeness (QED) is 0.554. The summed E-state index contributed by atoms with van der Waals surface area (Å²) in [5.41, 5.74) is 2.45. The number of hydrogen-bond acceptors (Lipinski definition) is 3. The van der Waals surface area contributed by atoms with E-state index in [1.54, 1.807) is 0 Å². The summed E-state index contributed by atoms with van der Waals surface area (Å²) in [5.74, 6) is 0.528. The van der Waals surface area contributed by atoms with Gasteiger partial charge in [0.05, 0.1) is 5.56 Å². The maximum Gasteiger partial charge on any atom is 0.416 e. The maximum atomic E-state index is 12.9. The van der Waals surface area contributed by atoms with E-state index < -0.39 is 11.7 Å². The highest BCUT2D eigenvalue weighted by molar-refractivity contribution is 6.29. The Morgan fingerprint density at radius 3 is 2.42 bits per heavy atom. The fourth-order valence-corrected chi connectivity index (χ4v) is 2.72. The molecule has 0 atom stereocenters. The van der Waals surface area contributed by atoms with Crippen LogP contribution in [0.25, 0.3) is 11.4 Å². The summed E-state index contributed by atoms with van der Waals surface area (Å²) in [4.78, 5) is 8.36. The summed E-state index contributed by atoms with van der Waals surface area (Å²) in [6.07, 6.45) is -4.44. The lowest BCUT2D eigenvalue weighted by atomic mass is 10.1. The van der Waals surface area contributed by atoms with Gasteiger partial charge in [0.2, 0.25) is 0 Å². The standard InChI is InChI=1S/C19H15ClF3N3/c1-11-6-7-15(12(2)8-11)24-17-10-16(20)25-18(26-17)13-4-3-5-14(9-13)19(21,22)23/h3-10H,1-2H3,(H,24,25,26).